The fourth-order valence-corrected chi connectivity index (χ4v) is 7.67. The molecule has 1 aliphatic heterocycles. The molecule has 2 saturated carbocycles. The second-order valence-corrected chi connectivity index (χ2v) is 11.6. The minimum Gasteiger partial charge on any atom is -0.504 e. The van der Waals surface area contributed by atoms with Crippen LogP contribution in [0.4, 0.5) is 0 Å². The molecule has 3 aliphatic carbocycles. The second-order valence-electron chi connectivity index (χ2n) is 11.6. The molecule has 4 heteroatoms. The van der Waals surface area contributed by atoms with Gasteiger partial charge >= 0.3 is 0 Å². The van der Waals surface area contributed by atoms with Gasteiger partial charge in [-0.3, -0.25) is 0 Å². The van der Waals surface area contributed by atoms with Crippen molar-refractivity contribution in [3.63, 3.8) is 0 Å². The molecule has 2 fully saturated rings. The van der Waals surface area contributed by atoms with Crippen LogP contribution in [-0.4, -0.2) is 35.1 Å². The Bertz CT molecular complexity index is 853. The van der Waals surface area contributed by atoms with E-state index >= 15 is 0 Å². The van der Waals surface area contributed by atoms with E-state index in [-0.39, 0.29) is 40.1 Å². The number of methoxy groups -OCH3 is 1. The average Bonchev–Trinajstić information content (AvgIpc) is 2.97. The molecular formula is C25H36O4. The second kappa shape index (κ2) is 5.70. The van der Waals surface area contributed by atoms with Gasteiger partial charge in [0.05, 0.1) is 5.60 Å². The molecule has 5 rings (SSSR count). The number of aliphatic hydroxyl groups is 1. The maximum Gasteiger partial charge on any atom is 0.165 e. The summed E-state index contributed by atoms with van der Waals surface area (Å²) in [6.45, 7) is 10.8. The normalized spacial score (nSPS) is 42.0. The monoisotopic (exact) mass is 400 g/mol. The van der Waals surface area contributed by atoms with E-state index in [1.165, 1.54) is 24.0 Å². The number of rotatable bonds is 2. The Hall–Kier alpha value is -1.26. The largest absolute Gasteiger partial charge is 0.504 e. The molecular weight excluding hydrogens is 364 g/mol. The third kappa shape index (κ3) is 2.13. The number of phenolic OH excluding ortho intramolecular Hbond substituents is 1. The number of hydrogen-bond donors (Lipinski definition) is 2. The first kappa shape index (κ1) is 19.7. The fraction of sp³-hybridized carbons (Fsp3) is 0.760. The highest BCUT2D eigenvalue weighted by Gasteiger charge is 2.73. The van der Waals surface area contributed by atoms with Crippen LogP contribution in [0.2, 0.25) is 0 Å². The van der Waals surface area contributed by atoms with Crippen LogP contribution in [0.25, 0.3) is 0 Å². The molecule has 0 radical (unpaired) electrons. The summed E-state index contributed by atoms with van der Waals surface area (Å²) < 4.78 is 12.8. The molecule has 7 atom stereocenters. The molecule has 1 heterocycles. The first-order valence-corrected chi connectivity index (χ1v) is 11.3. The third-order valence-corrected chi connectivity index (χ3v) is 9.76. The first-order valence-electron chi connectivity index (χ1n) is 11.3. The van der Waals surface area contributed by atoms with E-state index in [9.17, 15) is 10.2 Å². The van der Waals surface area contributed by atoms with Crippen LogP contribution in [-0.2, 0) is 16.6 Å². The van der Waals surface area contributed by atoms with Gasteiger partial charge in [0.1, 0.15) is 12.2 Å². The zero-order valence-corrected chi connectivity index (χ0v) is 18.7. The molecule has 1 aromatic rings. The summed E-state index contributed by atoms with van der Waals surface area (Å²) in [7, 11) is 1.76. The highest BCUT2D eigenvalue weighted by atomic mass is 16.5. The summed E-state index contributed by atoms with van der Waals surface area (Å²) in [5.74, 6) is 1.46. The van der Waals surface area contributed by atoms with Crippen molar-refractivity contribution in [2.75, 3.05) is 7.11 Å². The van der Waals surface area contributed by atoms with Crippen molar-refractivity contribution in [2.45, 2.75) is 89.9 Å². The van der Waals surface area contributed by atoms with Crippen molar-refractivity contribution in [1.29, 1.82) is 0 Å². The van der Waals surface area contributed by atoms with Gasteiger partial charge < -0.3 is 19.7 Å². The molecule has 160 valence electrons. The minimum atomic E-state index is -0.896. The van der Waals surface area contributed by atoms with Crippen molar-refractivity contribution in [2.24, 2.45) is 22.7 Å². The van der Waals surface area contributed by atoms with E-state index in [2.05, 4.69) is 33.8 Å². The molecule has 1 spiro atoms. The number of aromatic hydroxyl groups is 1. The molecule has 1 aromatic carbocycles. The number of ether oxygens (including phenoxy) is 2. The van der Waals surface area contributed by atoms with Crippen molar-refractivity contribution in [3.8, 4) is 11.5 Å². The van der Waals surface area contributed by atoms with Crippen LogP contribution in [0, 0.1) is 22.7 Å². The van der Waals surface area contributed by atoms with Crippen LogP contribution >= 0.6 is 0 Å². The summed E-state index contributed by atoms with van der Waals surface area (Å²) >= 11 is 0. The molecule has 2 bridgehead atoms. The van der Waals surface area contributed by atoms with E-state index < -0.39 is 5.60 Å². The molecule has 0 saturated heterocycles. The Kier molecular flexibility index (Phi) is 3.87. The van der Waals surface area contributed by atoms with Gasteiger partial charge in [-0.25, -0.2) is 0 Å². The molecule has 2 N–H and O–H groups in total. The lowest BCUT2D eigenvalue weighted by atomic mass is 9.38. The van der Waals surface area contributed by atoms with E-state index in [4.69, 9.17) is 9.47 Å². The van der Waals surface area contributed by atoms with Gasteiger partial charge in [0.25, 0.3) is 0 Å². The van der Waals surface area contributed by atoms with Crippen LogP contribution < -0.4 is 4.74 Å². The SMILES string of the molecule is COC1[C@@H]([C@](C)(O)C(C)(C)C)C[C@]2(C)[C@@H]3CCC[C@@]24c2c(ccc(O)c2O[C@@H]14)C3. The van der Waals surface area contributed by atoms with Crippen LogP contribution in [0.5, 0.6) is 11.5 Å². The smallest absolute Gasteiger partial charge is 0.165 e. The number of hydrogen-bond acceptors (Lipinski definition) is 4. The predicted octanol–water partition coefficient (Wildman–Crippen LogP) is 4.59. The Morgan fingerprint density at radius 1 is 1.21 bits per heavy atom. The van der Waals surface area contributed by atoms with Crippen molar-refractivity contribution < 1.29 is 19.7 Å². The third-order valence-electron chi connectivity index (χ3n) is 9.76. The Morgan fingerprint density at radius 3 is 2.59 bits per heavy atom. The van der Waals surface area contributed by atoms with Gasteiger partial charge in [0, 0.05) is 24.0 Å². The number of phenols is 1. The maximum atomic E-state index is 11.8. The zero-order chi connectivity index (χ0) is 21.0. The molecule has 1 unspecified atom stereocenters. The molecule has 0 aromatic heterocycles. The fourth-order valence-electron chi connectivity index (χ4n) is 7.67. The lowest BCUT2D eigenvalue weighted by Crippen LogP contribution is -2.71. The van der Waals surface area contributed by atoms with E-state index in [1.807, 2.05) is 6.92 Å². The summed E-state index contributed by atoms with van der Waals surface area (Å²) in [5.41, 5.74) is 1.31. The molecule has 0 amide bonds. The Morgan fingerprint density at radius 2 is 1.93 bits per heavy atom. The Balaban J connectivity index is 1.75. The number of benzene rings is 1. The quantitative estimate of drug-likeness (QED) is 0.763. The van der Waals surface area contributed by atoms with E-state index in [0.717, 1.165) is 19.3 Å². The van der Waals surface area contributed by atoms with Gasteiger partial charge in [-0.2, -0.15) is 0 Å². The van der Waals surface area contributed by atoms with Crippen molar-refractivity contribution >= 4 is 0 Å². The van der Waals surface area contributed by atoms with E-state index in [0.29, 0.717) is 11.7 Å². The molecule has 4 nitrogen and oxygen atoms in total. The summed E-state index contributed by atoms with van der Waals surface area (Å²) in [5, 5.41) is 22.5. The van der Waals surface area contributed by atoms with E-state index in [1.54, 1.807) is 13.2 Å². The topological polar surface area (TPSA) is 58.9 Å². The standard InChI is InChI=1S/C25H36O4/c1-22(2,3)24(5,27)16-13-23(4)15-8-7-11-25(23)18-14(12-15)9-10-17(26)20(18)29-21(25)19(16)28-6/h9-10,15-16,19,21,26-27H,7-8,11-13H2,1-6H3/t15-,16+,19?,21+,23-,24+,25+/m1/s1. The zero-order valence-electron chi connectivity index (χ0n) is 18.7. The van der Waals surface area contributed by atoms with Gasteiger partial charge in [-0.05, 0) is 61.0 Å². The van der Waals surface area contributed by atoms with Crippen molar-refractivity contribution in [3.05, 3.63) is 23.3 Å². The predicted molar refractivity (Wildman–Crippen MR) is 112 cm³/mol. The first-order chi connectivity index (χ1) is 13.5. The van der Waals surface area contributed by atoms with Crippen LogP contribution in [0.3, 0.4) is 0 Å². The van der Waals surface area contributed by atoms with Gasteiger partial charge in [-0.15, -0.1) is 0 Å². The summed E-state index contributed by atoms with van der Waals surface area (Å²) in [6.07, 6.45) is 5.06. The van der Waals surface area contributed by atoms with Crippen LogP contribution in [0.15, 0.2) is 12.1 Å². The molecule has 29 heavy (non-hydrogen) atoms. The maximum absolute atomic E-state index is 11.8. The summed E-state index contributed by atoms with van der Waals surface area (Å²) in [4.78, 5) is 0. The average molecular weight is 401 g/mol. The Labute approximate surface area is 174 Å². The lowest BCUT2D eigenvalue weighted by molar-refractivity contribution is -0.226. The van der Waals surface area contributed by atoms with Gasteiger partial charge in [0.2, 0.25) is 0 Å². The highest BCUT2D eigenvalue weighted by Crippen LogP contribution is 2.73. The lowest BCUT2D eigenvalue weighted by Gasteiger charge is -2.66. The summed E-state index contributed by atoms with van der Waals surface area (Å²) in [6, 6.07) is 3.91. The molecule has 4 aliphatic rings. The van der Waals surface area contributed by atoms with Crippen molar-refractivity contribution in [1.82, 2.24) is 0 Å². The van der Waals surface area contributed by atoms with Crippen LogP contribution in [0.1, 0.15) is 71.4 Å². The van der Waals surface area contributed by atoms with Gasteiger partial charge in [-0.1, -0.05) is 40.2 Å². The minimum absolute atomic E-state index is 0.0247. The van der Waals surface area contributed by atoms with Gasteiger partial charge in [0.15, 0.2) is 11.5 Å². The highest BCUT2D eigenvalue weighted by molar-refractivity contribution is 5.61.